The third kappa shape index (κ3) is 3.96. The number of ether oxygens (including phenoxy) is 1. The molecule has 146 valence electrons. The molecule has 2 atom stereocenters. The summed E-state index contributed by atoms with van der Waals surface area (Å²) in [6.07, 6.45) is 1.39. The van der Waals surface area contributed by atoms with Gasteiger partial charge in [0.05, 0.1) is 11.6 Å². The van der Waals surface area contributed by atoms with Crippen LogP contribution in [0.2, 0.25) is 0 Å². The molecule has 1 aromatic heterocycles. The number of rotatable bonds is 2. The molecule has 1 amide bonds. The molecule has 1 aliphatic heterocycles. The van der Waals surface area contributed by atoms with Crippen molar-refractivity contribution in [1.82, 2.24) is 10.3 Å². The van der Waals surface area contributed by atoms with Crippen LogP contribution < -0.4 is 5.32 Å². The Balaban J connectivity index is 1.65. The first-order valence-corrected chi connectivity index (χ1v) is 8.93. The van der Waals surface area contributed by atoms with Gasteiger partial charge in [-0.25, -0.2) is 13.6 Å². The number of pyridine rings is 1. The van der Waals surface area contributed by atoms with Crippen LogP contribution in [0.3, 0.4) is 0 Å². The highest BCUT2D eigenvalue weighted by molar-refractivity contribution is 5.71. The molecule has 2 aromatic carbocycles. The average Bonchev–Trinajstić information content (AvgIpc) is 3.14. The van der Waals surface area contributed by atoms with Crippen molar-refractivity contribution < 1.29 is 18.3 Å². The molecule has 1 fully saturated rings. The summed E-state index contributed by atoms with van der Waals surface area (Å²) >= 11 is 0. The van der Waals surface area contributed by atoms with Gasteiger partial charge in [-0.2, -0.15) is 5.26 Å². The van der Waals surface area contributed by atoms with Crippen LogP contribution in [0.1, 0.15) is 40.0 Å². The molecular weight excluding hydrogens is 388 g/mol. The second kappa shape index (κ2) is 8.02. The number of nitrogens with zero attached hydrogens (tertiary/aromatic N) is 2. The third-order valence-corrected chi connectivity index (χ3v) is 4.54. The van der Waals surface area contributed by atoms with Crippen molar-refractivity contribution in [3.8, 4) is 17.9 Å². The SMILES string of the molecule is N#Cc1cccc(C#Cc2cncc([C@H]3NC(=O)O[C@@H]3c3ccc(F)cc3F)c2)c1. The molecule has 4 rings (SSSR count). The van der Waals surface area contributed by atoms with Gasteiger partial charge in [0, 0.05) is 35.2 Å². The molecule has 1 aliphatic rings. The third-order valence-electron chi connectivity index (χ3n) is 4.54. The van der Waals surface area contributed by atoms with Crippen molar-refractivity contribution in [1.29, 1.82) is 5.26 Å². The quantitative estimate of drug-likeness (QED) is 0.655. The highest BCUT2D eigenvalue weighted by Gasteiger charge is 2.38. The lowest BCUT2D eigenvalue weighted by molar-refractivity contribution is 0.130. The largest absolute Gasteiger partial charge is 0.439 e. The van der Waals surface area contributed by atoms with Gasteiger partial charge in [-0.3, -0.25) is 4.98 Å². The lowest BCUT2D eigenvalue weighted by Crippen LogP contribution is -2.20. The highest BCUT2D eigenvalue weighted by atomic mass is 19.1. The number of carbonyl (C=O) groups is 1. The molecule has 0 spiro atoms. The van der Waals surface area contributed by atoms with Crippen LogP contribution in [-0.2, 0) is 4.74 Å². The predicted molar refractivity (Wildman–Crippen MR) is 103 cm³/mol. The van der Waals surface area contributed by atoms with Gasteiger partial charge >= 0.3 is 6.09 Å². The Bertz CT molecular complexity index is 1240. The van der Waals surface area contributed by atoms with Crippen molar-refractivity contribution >= 4 is 6.09 Å². The summed E-state index contributed by atoms with van der Waals surface area (Å²) in [7, 11) is 0. The number of halogens is 2. The molecule has 1 saturated heterocycles. The standard InChI is InChI=1S/C23H13F2N3O2/c24-18-6-7-19(20(25)10-18)22-21(28-23(29)30-22)17-9-16(12-27-13-17)5-4-14-2-1-3-15(8-14)11-26/h1-3,6-10,12-13,21-22H,(H,28,29)/t21-,22-/m1/s1. The maximum Gasteiger partial charge on any atom is 0.408 e. The van der Waals surface area contributed by atoms with Crippen LogP contribution in [-0.4, -0.2) is 11.1 Å². The Hall–Kier alpha value is -4.23. The molecule has 5 nitrogen and oxygen atoms in total. The summed E-state index contributed by atoms with van der Waals surface area (Å²) in [6, 6.07) is 13.0. The summed E-state index contributed by atoms with van der Waals surface area (Å²) in [5, 5.41) is 11.6. The smallest absolute Gasteiger partial charge is 0.408 e. The number of nitrogens with one attached hydrogen (secondary N) is 1. The van der Waals surface area contributed by atoms with E-state index in [1.165, 1.54) is 12.3 Å². The van der Waals surface area contributed by atoms with Gasteiger partial charge in [0.25, 0.3) is 0 Å². The Morgan fingerprint density at radius 3 is 2.60 bits per heavy atom. The number of hydrogen-bond acceptors (Lipinski definition) is 4. The van der Waals surface area contributed by atoms with E-state index in [1.54, 1.807) is 36.5 Å². The molecule has 1 N–H and O–H groups in total. The topological polar surface area (TPSA) is 75.0 Å². The van der Waals surface area contributed by atoms with Crippen LogP contribution in [0, 0.1) is 34.8 Å². The van der Waals surface area contributed by atoms with Crippen LogP contribution in [0.4, 0.5) is 13.6 Å². The van der Waals surface area contributed by atoms with Gasteiger partial charge in [0.15, 0.2) is 6.10 Å². The Labute approximate surface area is 170 Å². The van der Waals surface area contributed by atoms with Gasteiger partial charge in [0.1, 0.15) is 17.7 Å². The fourth-order valence-electron chi connectivity index (χ4n) is 3.16. The number of cyclic esters (lactones) is 1. The van der Waals surface area contributed by atoms with Crippen molar-refractivity contribution in [3.05, 3.63) is 100 Å². The summed E-state index contributed by atoms with van der Waals surface area (Å²) in [5.74, 6) is 4.40. The Kier molecular flexibility index (Phi) is 5.11. The van der Waals surface area contributed by atoms with Crippen LogP contribution in [0.5, 0.6) is 0 Å². The molecule has 2 heterocycles. The summed E-state index contributed by atoms with van der Waals surface area (Å²) < 4.78 is 32.7. The minimum absolute atomic E-state index is 0.0598. The number of aromatic nitrogens is 1. The van der Waals surface area contributed by atoms with Gasteiger partial charge in [-0.05, 0) is 42.0 Å². The van der Waals surface area contributed by atoms with E-state index < -0.39 is 29.9 Å². The molecule has 0 bridgehead atoms. The zero-order valence-electron chi connectivity index (χ0n) is 15.4. The van der Waals surface area contributed by atoms with Crippen molar-refractivity contribution in [2.24, 2.45) is 0 Å². The first kappa shape index (κ1) is 19.1. The van der Waals surface area contributed by atoms with E-state index in [0.29, 0.717) is 22.3 Å². The van der Waals surface area contributed by atoms with E-state index in [-0.39, 0.29) is 5.56 Å². The van der Waals surface area contributed by atoms with Crippen molar-refractivity contribution in [2.75, 3.05) is 0 Å². The molecule has 3 aromatic rings. The van der Waals surface area contributed by atoms with E-state index in [4.69, 9.17) is 10.00 Å². The molecule has 7 heteroatoms. The minimum atomic E-state index is -0.976. The number of carbonyl (C=O) groups excluding carboxylic acids is 1. The molecule has 0 aliphatic carbocycles. The van der Waals surface area contributed by atoms with Crippen LogP contribution in [0.25, 0.3) is 0 Å². The fourth-order valence-corrected chi connectivity index (χ4v) is 3.16. The molecule has 0 radical (unpaired) electrons. The summed E-state index contributed by atoms with van der Waals surface area (Å²) in [6.45, 7) is 0. The fraction of sp³-hybridized carbons (Fsp3) is 0.0870. The van der Waals surface area contributed by atoms with Crippen LogP contribution in [0.15, 0.2) is 60.9 Å². The van der Waals surface area contributed by atoms with E-state index in [1.807, 2.05) is 0 Å². The van der Waals surface area contributed by atoms with Gasteiger partial charge in [0.2, 0.25) is 0 Å². The minimum Gasteiger partial charge on any atom is -0.439 e. The molecular formula is C23H13F2N3O2. The molecule has 0 unspecified atom stereocenters. The second-order valence-corrected chi connectivity index (χ2v) is 6.56. The van der Waals surface area contributed by atoms with E-state index in [2.05, 4.69) is 28.2 Å². The normalized spacial score (nSPS) is 17.3. The summed E-state index contributed by atoms with van der Waals surface area (Å²) in [4.78, 5) is 16.0. The number of hydrogen-bond donors (Lipinski definition) is 1. The highest BCUT2D eigenvalue weighted by Crippen LogP contribution is 2.37. The Morgan fingerprint density at radius 1 is 1.00 bits per heavy atom. The maximum atomic E-state index is 14.2. The van der Waals surface area contributed by atoms with Crippen molar-refractivity contribution in [3.63, 3.8) is 0 Å². The zero-order valence-corrected chi connectivity index (χ0v) is 15.4. The number of nitriles is 1. The van der Waals surface area contributed by atoms with E-state index >= 15 is 0 Å². The van der Waals surface area contributed by atoms with Gasteiger partial charge in [-0.1, -0.05) is 17.9 Å². The van der Waals surface area contributed by atoms with Crippen LogP contribution >= 0.6 is 0 Å². The monoisotopic (exact) mass is 401 g/mol. The van der Waals surface area contributed by atoms with Gasteiger partial charge < -0.3 is 10.1 Å². The predicted octanol–water partition coefficient (Wildman–Crippen LogP) is 4.15. The zero-order chi connectivity index (χ0) is 21.1. The first-order valence-electron chi connectivity index (χ1n) is 8.93. The second-order valence-electron chi connectivity index (χ2n) is 6.56. The molecule has 0 saturated carbocycles. The number of amides is 1. The van der Waals surface area contributed by atoms with Crippen molar-refractivity contribution in [2.45, 2.75) is 12.1 Å². The first-order chi connectivity index (χ1) is 14.5. The number of alkyl carbamates (subject to hydrolysis) is 1. The number of benzene rings is 2. The Morgan fingerprint density at radius 2 is 1.80 bits per heavy atom. The molecule has 30 heavy (non-hydrogen) atoms. The van der Waals surface area contributed by atoms with Gasteiger partial charge in [-0.15, -0.1) is 0 Å². The lowest BCUT2D eigenvalue weighted by atomic mass is 9.96. The summed E-state index contributed by atoms with van der Waals surface area (Å²) in [5.41, 5.74) is 2.36. The maximum absolute atomic E-state index is 14.2. The van der Waals surface area contributed by atoms with E-state index in [0.717, 1.165) is 12.1 Å². The average molecular weight is 401 g/mol. The lowest BCUT2D eigenvalue weighted by Gasteiger charge is -2.18. The van der Waals surface area contributed by atoms with E-state index in [9.17, 15) is 13.6 Å².